The largest absolute Gasteiger partial charge is 0.448 e. The molecular weight excluding hydrogens is 264 g/mol. The summed E-state index contributed by atoms with van der Waals surface area (Å²) < 4.78 is 5.17. The first-order valence-corrected chi connectivity index (χ1v) is 7.04. The molecule has 0 aliphatic heterocycles. The Labute approximate surface area is 125 Å². The van der Waals surface area contributed by atoms with Crippen LogP contribution in [0.5, 0.6) is 0 Å². The Balaban J connectivity index is 1.99. The Morgan fingerprint density at radius 2 is 1.86 bits per heavy atom. The zero-order valence-electron chi connectivity index (χ0n) is 12.7. The van der Waals surface area contributed by atoms with E-state index in [9.17, 15) is 4.79 Å². The molecule has 0 saturated heterocycles. The van der Waals surface area contributed by atoms with E-state index in [1.807, 2.05) is 57.2 Å². The van der Waals surface area contributed by atoms with E-state index in [1.54, 1.807) is 0 Å². The fourth-order valence-electron chi connectivity index (χ4n) is 2.04. The maximum absolute atomic E-state index is 11.6. The van der Waals surface area contributed by atoms with Crippen LogP contribution < -0.4 is 11.1 Å². The number of nitrogens with one attached hydrogen (secondary N) is 1. The molecule has 1 atom stereocenters. The minimum Gasteiger partial charge on any atom is -0.448 e. The molecule has 0 spiro atoms. The summed E-state index contributed by atoms with van der Waals surface area (Å²) in [7, 11) is 0. The number of fused-ring (bicyclic) bond motifs is 1. The molecule has 4 heteroatoms. The number of benzene rings is 2. The highest BCUT2D eigenvalue weighted by atomic mass is 16.5. The summed E-state index contributed by atoms with van der Waals surface area (Å²) in [5.74, 6) is 0. The maximum atomic E-state index is 11.6. The molecule has 3 N–H and O–H groups in total. The summed E-state index contributed by atoms with van der Waals surface area (Å²) in [6, 6.07) is 13.8. The Morgan fingerprint density at radius 3 is 2.52 bits per heavy atom. The van der Waals surface area contributed by atoms with Crippen LogP contribution in [0.1, 0.15) is 32.4 Å². The van der Waals surface area contributed by atoms with Crippen molar-refractivity contribution < 1.29 is 9.53 Å². The summed E-state index contributed by atoms with van der Waals surface area (Å²) in [4.78, 5) is 11.6. The van der Waals surface area contributed by atoms with Gasteiger partial charge in [-0.15, -0.1) is 0 Å². The fraction of sp³-hybridized carbons (Fsp3) is 0.353. The van der Waals surface area contributed by atoms with Gasteiger partial charge in [0.2, 0.25) is 0 Å². The molecule has 0 saturated carbocycles. The van der Waals surface area contributed by atoms with Crippen LogP contribution in [-0.2, 0) is 4.74 Å². The van der Waals surface area contributed by atoms with E-state index in [-0.39, 0.29) is 18.2 Å². The third kappa shape index (κ3) is 4.46. The monoisotopic (exact) mass is 286 g/mol. The van der Waals surface area contributed by atoms with Crippen LogP contribution in [0.15, 0.2) is 42.5 Å². The smallest absolute Gasteiger partial charge is 0.407 e. The highest BCUT2D eigenvalue weighted by molar-refractivity contribution is 5.83. The molecule has 0 aromatic heterocycles. The van der Waals surface area contributed by atoms with E-state index in [4.69, 9.17) is 10.5 Å². The SMILES string of the molecule is CC(C)(C)NC(=O)OCC(N)c1ccc2ccccc2c1. The second kappa shape index (κ2) is 6.14. The van der Waals surface area contributed by atoms with Crippen molar-refractivity contribution in [3.63, 3.8) is 0 Å². The second-order valence-electron chi connectivity index (χ2n) is 6.19. The van der Waals surface area contributed by atoms with Crippen molar-refractivity contribution in [1.29, 1.82) is 0 Å². The summed E-state index contributed by atoms with van der Waals surface area (Å²) in [5.41, 5.74) is 6.73. The van der Waals surface area contributed by atoms with E-state index in [0.29, 0.717) is 0 Å². The van der Waals surface area contributed by atoms with Crippen molar-refractivity contribution in [2.45, 2.75) is 32.4 Å². The summed E-state index contributed by atoms with van der Waals surface area (Å²) >= 11 is 0. The minimum absolute atomic E-state index is 0.153. The quantitative estimate of drug-likeness (QED) is 0.909. The Hall–Kier alpha value is -2.07. The number of amides is 1. The van der Waals surface area contributed by atoms with Gasteiger partial charge in [-0.3, -0.25) is 0 Å². The second-order valence-corrected chi connectivity index (χ2v) is 6.19. The van der Waals surface area contributed by atoms with E-state index >= 15 is 0 Å². The standard InChI is InChI=1S/C17H22N2O2/c1-17(2,3)19-16(20)21-11-15(18)14-9-8-12-6-4-5-7-13(12)10-14/h4-10,15H,11,18H2,1-3H3,(H,19,20). The molecule has 2 aromatic rings. The van der Waals surface area contributed by atoms with Crippen LogP contribution in [0.3, 0.4) is 0 Å². The molecule has 2 rings (SSSR count). The lowest BCUT2D eigenvalue weighted by atomic mass is 10.0. The third-order valence-electron chi connectivity index (χ3n) is 3.07. The van der Waals surface area contributed by atoms with Crippen LogP contribution in [0.25, 0.3) is 10.8 Å². The van der Waals surface area contributed by atoms with Gasteiger partial charge in [0.25, 0.3) is 0 Å². The van der Waals surface area contributed by atoms with E-state index in [1.165, 1.54) is 5.39 Å². The number of carbonyl (C=O) groups excluding carboxylic acids is 1. The zero-order chi connectivity index (χ0) is 15.5. The molecule has 0 aliphatic rings. The van der Waals surface area contributed by atoms with E-state index in [0.717, 1.165) is 10.9 Å². The zero-order valence-corrected chi connectivity index (χ0v) is 12.7. The van der Waals surface area contributed by atoms with E-state index < -0.39 is 6.09 Å². The van der Waals surface area contributed by atoms with Crippen LogP contribution >= 0.6 is 0 Å². The van der Waals surface area contributed by atoms with Crippen molar-refractivity contribution in [2.24, 2.45) is 5.73 Å². The number of nitrogens with two attached hydrogens (primary N) is 1. The average molecular weight is 286 g/mol. The molecule has 0 aliphatic carbocycles. The molecule has 1 amide bonds. The highest BCUT2D eigenvalue weighted by Gasteiger charge is 2.16. The molecule has 1 unspecified atom stereocenters. The first-order chi connectivity index (χ1) is 9.85. The number of ether oxygens (including phenoxy) is 1. The van der Waals surface area contributed by atoms with Crippen LogP contribution in [0.4, 0.5) is 4.79 Å². The van der Waals surface area contributed by atoms with Gasteiger partial charge in [-0.05, 0) is 43.2 Å². The van der Waals surface area contributed by atoms with Crippen molar-refractivity contribution in [1.82, 2.24) is 5.32 Å². The predicted molar refractivity (Wildman–Crippen MR) is 85.1 cm³/mol. The molecule has 4 nitrogen and oxygen atoms in total. The number of rotatable bonds is 3. The van der Waals surface area contributed by atoms with Gasteiger partial charge in [0.1, 0.15) is 6.61 Å². The number of alkyl carbamates (subject to hydrolysis) is 1. The lowest BCUT2D eigenvalue weighted by Crippen LogP contribution is -2.41. The molecule has 0 radical (unpaired) electrons. The molecular formula is C17H22N2O2. The average Bonchev–Trinajstić information content (AvgIpc) is 2.42. The molecule has 0 fully saturated rings. The van der Waals surface area contributed by atoms with Gasteiger partial charge in [0, 0.05) is 5.54 Å². The van der Waals surface area contributed by atoms with E-state index in [2.05, 4.69) is 11.4 Å². The van der Waals surface area contributed by atoms with Gasteiger partial charge < -0.3 is 15.8 Å². The van der Waals surface area contributed by atoms with Crippen molar-refractivity contribution in [2.75, 3.05) is 6.61 Å². The third-order valence-corrected chi connectivity index (χ3v) is 3.07. The molecule has 0 bridgehead atoms. The molecule has 112 valence electrons. The van der Waals surface area contributed by atoms with Gasteiger partial charge >= 0.3 is 6.09 Å². The lowest BCUT2D eigenvalue weighted by Gasteiger charge is -2.21. The number of hydrogen-bond donors (Lipinski definition) is 2. The number of carbonyl (C=O) groups is 1. The Bertz CT molecular complexity index is 632. The van der Waals surface area contributed by atoms with Gasteiger partial charge in [-0.2, -0.15) is 0 Å². The highest BCUT2D eigenvalue weighted by Crippen LogP contribution is 2.19. The summed E-state index contributed by atoms with van der Waals surface area (Å²) in [6.45, 7) is 5.85. The number of hydrogen-bond acceptors (Lipinski definition) is 3. The summed E-state index contributed by atoms with van der Waals surface area (Å²) in [5, 5.41) is 5.03. The van der Waals surface area contributed by atoms with Gasteiger partial charge in [0.15, 0.2) is 0 Å². The van der Waals surface area contributed by atoms with Crippen molar-refractivity contribution >= 4 is 16.9 Å². The normalized spacial score (nSPS) is 13.0. The molecule has 2 aromatic carbocycles. The first-order valence-electron chi connectivity index (χ1n) is 7.04. The van der Waals surface area contributed by atoms with Gasteiger partial charge in [0.05, 0.1) is 6.04 Å². The molecule has 0 heterocycles. The Morgan fingerprint density at radius 1 is 1.19 bits per heavy atom. The topological polar surface area (TPSA) is 64.3 Å². The van der Waals surface area contributed by atoms with Crippen molar-refractivity contribution in [3.8, 4) is 0 Å². The van der Waals surface area contributed by atoms with Crippen LogP contribution in [0, 0.1) is 0 Å². The van der Waals surface area contributed by atoms with Gasteiger partial charge in [-0.25, -0.2) is 4.79 Å². The molecule has 21 heavy (non-hydrogen) atoms. The first kappa shape index (κ1) is 15.3. The minimum atomic E-state index is -0.446. The Kier molecular flexibility index (Phi) is 4.48. The van der Waals surface area contributed by atoms with Crippen LogP contribution in [0.2, 0.25) is 0 Å². The fourth-order valence-corrected chi connectivity index (χ4v) is 2.04. The summed E-state index contributed by atoms with van der Waals surface area (Å²) in [6.07, 6.45) is -0.446. The predicted octanol–water partition coefficient (Wildman–Crippen LogP) is 3.36. The van der Waals surface area contributed by atoms with Crippen LogP contribution in [-0.4, -0.2) is 18.2 Å². The maximum Gasteiger partial charge on any atom is 0.407 e. The van der Waals surface area contributed by atoms with Crippen molar-refractivity contribution in [3.05, 3.63) is 48.0 Å². The van der Waals surface area contributed by atoms with Gasteiger partial charge in [-0.1, -0.05) is 36.4 Å². The lowest BCUT2D eigenvalue weighted by molar-refractivity contribution is 0.131.